The first-order chi connectivity index (χ1) is 18.0. The van der Waals surface area contributed by atoms with Crippen LogP contribution in [0.25, 0.3) is 11.0 Å². The van der Waals surface area contributed by atoms with Crippen molar-refractivity contribution >= 4 is 34.1 Å². The van der Waals surface area contributed by atoms with Crippen LogP contribution in [-0.4, -0.2) is 39.5 Å². The van der Waals surface area contributed by atoms with Crippen LogP contribution in [0.5, 0.6) is 0 Å². The summed E-state index contributed by atoms with van der Waals surface area (Å²) in [4.78, 5) is 27.7. The van der Waals surface area contributed by atoms with Crippen LogP contribution in [0.3, 0.4) is 0 Å². The molecule has 4 aromatic heterocycles. The lowest BCUT2D eigenvalue weighted by Crippen LogP contribution is -2.11. The van der Waals surface area contributed by atoms with Crippen LogP contribution in [0.2, 0.25) is 0 Å². The molecule has 0 spiro atoms. The van der Waals surface area contributed by atoms with Crippen molar-refractivity contribution in [2.45, 2.75) is 40.2 Å². The number of hydrogen-bond acceptors (Lipinski definition) is 7. The lowest BCUT2D eigenvalue weighted by molar-refractivity contribution is 0.103. The van der Waals surface area contributed by atoms with Crippen molar-refractivity contribution in [1.29, 1.82) is 0 Å². The molecule has 4 rings (SSSR count). The number of anilines is 1. The van der Waals surface area contributed by atoms with E-state index in [4.69, 9.17) is 4.98 Å². The molecule has 37 heavy (non-hydrogen) atoms. The Kier molecular flexibility index (Phi) is 12.4. The van der Waals surface area contributed by atoms with Gasteiger partial charge in [-0.25, -0.2) is 4.98 Å². The predicted molar refractivity (Wildman–Crippen MR) is 154 cm³/mol. The maximum absolute atomic E-state index is 13.4. The van der Waals surface area contributed by atoms with Gasteiger partial charge in [-0.3, -0.25) is 9.78 Å². The zero-order valence-corrected chi connectivity index (χ0v) is 23.5. The molecule has 8 heteroatoms. The van der Waals surface area contributed by atoms with Crippen molar-refractivity contribution in [3.63, 3.8) is 0 Å². The normalized spacial score (nSPS) is 11.6. The third-order valence-corrected chi connectivity index (χ3v) is 6.04. The van der Waals surface area contributed by atoms with Crippen LogP contribution in [0.4, 0.5) is 5.95 Å². The fourth-order valence-electron chi connectivity index (χ4n) is 3.55. The van der Waals surface area contributed by atoms with Crippen molar-refractivity contribution in [3.05, 3.63) is 94.2 Å². The SMILES string of the molecule is C/C=C\C=C/C(C)c1cn(C)c2nc(NCc3cccnc3)nc(C(=O)c3cccs3)c12.CC.COC. The zero-order chi connectivity index (χ0) is 27.2. The van der Waals surface area contributed by atoms with Gasteiger partial charge in [0, 0.05) is 52.3 Å². The number of ether oxygens (including phenoxy) is 1. The molecule has 0 saturated carbocycles. The second-order valence-corrected chi connectivity index (χ2v) is 8.87. The fraction of sp³-hybridized carbons (Fsp3) is 0.310. The minimum absolute atomic E-state index is 0.0890. The van der Waals surface area contributed by atoms with E-state index < -0.39 is 0 Å². The molecule has 1 unspecified atom stereocenters. The Labute approximate surface area is 224 Å². The Morgan fingerprint density at radius 1 is 1.19 bits per heavy atom. The monoisotopic (exact) mass is 519 g/mol. The van der Waals surface area contributed by atoms with E-state index in [0.717, 1.165) is 22.2 Å². The highest BCUT2D eigenvalue weighted by Gasteiger charge is 2.24. The summed E-state index contributed by atoms with van der Waals surface area (Å²) in [6.07, 6.45) is 13.7. The topological polar surface area (TPSA) is 81.9 Å². The molecule has 0 saturated heterocycles. The first kappa shape index (κ1) is 29.6. The number of rotatable bonds is 8. The number of allylic oxidation sites excluding steroid dienone is 4. The van der Waals surface area contributed by atoms with Gasteiger partial charge in [-0.15, -0.1) is 11.3 Å². The van der Waals surface area contributed by atoms with E-state index in [-0.39, 0.29) is 11.7 Å². The lowest BCUT2D eigenvalue weighted by Gasteiger charge is -2.10. The molecule has 1 N–H and O–H groups in total. The number of methoxy groups -OCH3 is 1. The number of carbonyl (C=O) groups is 1. The van der Waals surface area contributed by atoms with Crippen LogP contribution in [0, 0.1) is 0 Å². The number of fused-ring (bicyclic) bond motifs is 1. The van der Waals surface area contributed by atoms with Crippen molar-refractivity contribution < 1.29 is 9.53 Å². The number of aromatic nitrogens is 4. The number of carbonyl (C=O) groups excluding carboxylic acids is 1. The smallest absolute Gasteiger partial charge is 0.225 e. The summed E-state index contributed by atoms with van der Waals surface area (Å²) in [5.74, 6) is 0.433. The molecule has 0 aromatic carbocycles. The summed E-state index contributed by atoms with van der Waals surface area (Å²) in [7, 11) is 5.20. The van der Waals surface area contributed by atoms with Crippen LogP contribution in [-0.2, 0) is 18.3 Å². The molecule has 1 atom stereocenters. The molecule has 4 heterocycles. The standard InChI is InChI=1S/C25H25N5OS.C2H6O.C2H6/c1-4-5-6-9-17(2)19-16-30(3)24-21(19)22(23(31)20-11-8-13-32-20)28-25(29-24)27-15-18-10-7-12-26-14-18;1-3-2;1-2/h4-14,16-17H,15H2,1-3H3,(H,27,28,29);1-2H3;1-2H3/b5-4-,9-6-;;. The van der Waals surface area contributed by atoms with Crippen molar-refractivity contribution in [2.24, 2.45) is 7.05 Å². The largest absolute Gasteiger partial charge is 0.388 e. The average Bonchev–Trinajstić information content (AvgIpc) is 3.58. The van der Waals surface area contributed by atoms with Gasteiger partial charge in [0.2, 0.25) is 11.7 Å². The molecule has 196 valence electrons. The van der Waals surface area contributed by atoms with Gasteiger partial charge in [0.05, 0.1) is 10.3 Å². The van der Waals surface area contributed by atoms with Gasteiger partial charge in [-0.2, -0.15) is 4.98 Å². The minimum Gasteiger partial charge on any atom is -0.388 e. The Hall–Kier alpha value is -3.62. The van der Waals surface area contributed by atoms with Gasteiger partial charge < -0.3 is 14.6 Å². The molecule has 0 aliphatic rings. The van der Waals surface area contributed by atoms with E-state index in [0.29, 0.717) is 23.1 Å². The predicted octanol–water partition coefficient (Wildman–Crippen LogP) is 6.79. The van der Waals surface area contributed by atoms with Gasteiger partial charge >= 0.3 is 0 Å². The van der Waals surface area contributed by atoms with Crippen molar-refractivity contribution in [2.75, 3.05) is 19.5 Å². The number of aryl methyl sites for hydroxylation is 1. The molecule has 0 aliphatic heterocycles. The van der Waals surface area contributed by atoms with Crippen LogP contribution >= 0.6 is 11.3 Å². The van der Waals surface area contributed by atoms with Crippen molar-refractivity contribution in [3.8, 4) is 0 Å². The molecular weight excluding hydrogens is 482 g/mol. The van der Waals surface area contributed by atoms with Crippen LogP contribution in [0.1, 0.15) is 60.1 Å². The number of nitrogens with one attached hydrogen (secondary N) is 1. The molecule has 0 aliphatic carbocycles. The second kappa shape index (κ2) is 15.5. The molecule has 0 bridgehead atoms. The zero-order valence-electron chi connectivity index (χ0n) is 22.7. The summed E-state index contributed by atoms with van der Waals surface area (Å²) in [6.45, 7) is 8.62. The van der Waals surface area contributed by atoms with E-state index >= 15 is 0 Å². The van der Waals surface area contributed by atoms with Crippen LogP contribution < -0.4 is 5.32 Å². The number of hydrogen-bond donors (Lipinski definition) is 1. The average molecular weight is 520 g/mol. The van der Waals surface area contributed by atoms with Crippen molar-refractivity contribution in [1.82, 2.24) is 19.5 Å². The third-order valence-electron chi connectivity index (χ3n) is 5.17. The highest BCUT2D eigenvalue weighted by Crippen LogP contribution is 2.32. The molecule has 0 amide bonds. The van der Waals surface area contributed by atoms with E-state index in [1.54, 1.807) is 26.6 Å². The van der Waals surface area contributed by atoms with E-state index in [2.05, 4.69) is 33.0 Å². The molecular formula is C29H37N5O2S. The van der Waals surface area contributed by atoms with Gasteiger partial charge in [0.25, 0.3) is 0 Å². The summed E-state index contributed by atoms with van der Waals surface area (Å²) >= 11 is 1.42. The summed E-state index contributed by atoms with van der Waals surface area (Å²) in [6, 6.07) is 7.59. The molecule has 0 radical (unpaired) electrons. The third kappa shape index (κ3) is 7.93. The first-order valence-electron chi connectivity index (χ1n) is 12.3. The lowest BCUT2D eigenvalue weighted by atomic mass is 9.98. The highest BCUT2D eigenvalue weighted by atomic mass is 32.1. The summed E-state index contributed by atoms with van der Waals surface area (Å²) in [5.41, 5.74) is 3.20. The Balaban J connectivity index is 0.000000898. The summed E-state index contributed by atoms with van der Waals surface area (Å²) < 4.78 is 6.22. The van der Waals surface area contributed by atoms with Gasteiger partial charge in [-0.1, -0.05) is 57.2 Å². The Bertz CT molecular complexity index is 1300. The number of thiophene rings is 1. The second-order valence-electron chi connectivity index (χ2n) is 7.92. The first-order valence-corrected chi connectivity index (χ1v) is 13.2. The number of ketones is 1. The number of pyridine rings is 1. The quantitative estimate of drug-likeness (QED) is 0.204. The maximum Gasteiger partial charge on any atom is 0.225 e. The van der Waals surface area contributed by atoms with E-state index in [9.17, 15) is 4.79 Å². The van der Waals surface area contributed by atoms with Gasteiger partial charge in [0.1, 0.15) is 11.3 Å². The fourth-order valence-corrected chi connectivity index (χ4v) is 4.21. The molecule has 7 nitrogen and oxygen atoms in total. The Morgan fingerprint density at radius 3 is 2.57 bits per heavy atom. The molecule has 0 fully saturated rings. The Morgan fingerprint density at radius 2 is 1.95 bits per heavy atom. The molecule has 4 aromatic rings. The maximum atomic E-state index is 13.4. The van der Waals surface area contributed by atoms with E-state index in [1.807, 2.05) is 86.5 Å². The van der Waals surface area contributed by atoms with Crippen LogP contribution in [0.15, 0.2) is 72.5 Å². The van der Waals surface area contributed by atoms with Gasteiger partial charge in [0.15, 0.2) is 0 Å². The minimum atomic E-state index is -0.0890. The van der Waals surface area contributed by atoms with Gasteiger partial charge in [-0.05, 0) is 35.6 Å². The highest BCUT2D eigenvalue weighted by molar-refractivity contribution is 7.12. The van der Waals surface area contributed by atoms with E-state index in [1.165, 1.54) is 11.3 Å². The number of nitrogens with zero attached hydrogens (tertiary/aromatic N) is 4. The summed E-state index contributed by atoms with van der Waals surface area (Å²) in [5, 5.41) is 5.96.